The topological polar surface area (TPSA) is 42.2 Å². The van der Waals surface area contributed by atoms with E-state index in [4.69, 9.17) is 26.3 Å². The lowest BCUT2D eigenvalue weighted by Gasteiger charge is -2.06. The van der Waals surface area contributed by atoms with Gasteiger partial charge in [0, 0.05) is 7.11 Å². The first-order chi connectivity index (χ1) is 6.27. The Balaban J connectivity index is 2.85. The minimum atomic E-state index is 0.120. The zero-order valence-corrected chi connectivity index (χ0v) is 7.84. The first-order valence-corrected chi connectivity index (χ1v) is 3.97. The van der Waals surface area contributed by atoms with E-state index in [1.54, 1.807) is 18.2 Å². The van der Waals surface area contributed by atoms with E-state index in [1.165, 1.54) is 7.11 Å². The molecule has 0 heterocycles. The second kappa shape index (κ2) is 4.70. The molecule has 0 spiro atoms. The average Bonchev–Trinajstić information content (AvgIpc) is 2.17. The molecule has 0 saturated heterocycles. The number of nitriles is 1. The van der Waals surface area contributed by atoms with Crippen molar-refractivity contribution < 1.29 is 9.47 Å². The number of hydrogen-bond donors (Lipinski definition) is 0. The third-order valence-electron chi connectivity index (χ3n) is 1.39. The Morgan fingerprint density at radius 2 is 2.31 bits per heavy atom. The molecule has 3 nitrogen and oxygen atoms in total. The Morgan fingerprint density at radius 1 is 1.54 bits per heavy atom. The summed E-state index contributed by atoms with van der Waals surface area (Å²) in [6.07, 6.45) is 0. The molecule has 0 fully saturated rings. The molecular weight excluding hydrogens is 190 g/mol. The largest absolute Gasteiger partial charge is 0.466 e. The maximum Gasteiger partial charge on any atom is 0.188 e. The molecule has 1 rings (SSSR count). The highest BCUT2D eigenvalue weighted by Gasteiger charge is 2.02. The molecule has 1 aromatic carbocycles. The van der Waals surface area contributed by atoms with E-state index >= 15 is 0 Å². The van der Waals surface area contributed by atoms with Gasteiger partial charge in [0.2, 0.25) is 0 Å². The van der Waals surface area contributed by atoms with Gasteiger partial charge in [-0.2, -0.15) is 5.26 Å². The monoisotopic (exact) mass is 197 g/mol. The van der Waals surface area contributed by atoms with Crippen molar-refractivity contribution >= 4 is 11.6 Å². The highest BCUT2D eigenvalue weighted by atomic mass is 35.5. The van der Waals surface area contributed by atoms with Crippen LogP contribution in [0.3, 0.4) is 0 Å². The van der Waals surface area contributed by atoms with Gasteiger partial charge in [-0.15, -0.1) is 0 Å². The second-order valence-electron chi connectivity index (χ2n) is 2.31. The van der Waals surface area contributed by atoms with Crippen LogP contribution in [0.2, 0.25) is 5.02 Å². The minimum absolute atomic E-state index is 0.120. The maximum absolute atomic E-state index is 8.60. The number of ether oxygens (including phenoxy) is 2. The van der Waals surface area contributed by atoms with E-state index < -0.39 is 0 Å². The third-order valence-corrected chi connectivity index (χ3v) is 1.70. The summed E-state index contributed by atoms with van der Waals surface area (Å²) in [6.45, 7) is 0.120. The summed E-state index contributed by atoms with van der Waals surface area (Å²) in [4.78, 5) is 0. The van der Waals surface area contributed by atoms with Crippen LogP contribution in [0.4, 0.5) is 0 Å². The quantitative estimate of drug-likeness (QED) is 0.698. The van der Waals surface area contributed by atoms with Gasteiger partial charge in [-0.05, 0) is 18.2 Å². The molecule has 0 aliphatic carbocycles. The van der Waals surface area contributed by atoms with Crippen LogP contribution in [0.5, 0.6) is 5.75 Å². The van der Waals surface area contributed by atoms with Gasteiger partial charge < -0.3 is 9.47 Å². The standard InChI is InChI=1S/C9H8ClNO2/c1-12-6-13-9-4-7(5-11)2-3-8(9)10/h2-4H,6H2,1H3. The van der Waals surface area contributed by atoms with Crippen LogP contribution in [-0.4, -0.2) is 13.9 Å². The number of hydrogen-bond acceptors (Lipinski definition) is 3. The summed E-state index contributed by atoms with van der Waals surface area (Å²) in [5.41, 5.74) is 0.510. The van der Waals surface area contributed by atoms with Crippen molar-refractivity contribution in [2.24, 2.45) is 0 Å². The summed E-state index contributed by atoms with van der Waals surface area (Å²) in [5.74, 6) is 0.461. The van der Waals surface area contributed by atoms with Gasteiger partial charge in [-0.25, -0.2) is 0 Å². The molecule has 0 bridgehead atoms. The van der Waals surface area contributed by atoms with Crippen molar-refractivity contribution in [3.05, 3.63) is 28.8 Å². The molecule has 0 unspecified atom stereocenters. The van der Waals surface area contributed by atoms with Crippen LogP contribution in [0.15, 0.2) is 18.2 Å². The first-order valence-electron chi connectivity index (χ1n) is 3.59. The summed E-state index contributed by atoms with van der Waals surface area (Å²) in [6, 6.07) is 6.81. The summed E-state index contributed by atoms with van der Waals surface area (Å²) in [5, 5.41) is 9.07. The Labute approximate surface area is 81.4 Å². The van der Waals surface area contributed by atoms with Gasteiger partial charge in [-0.1, -0.05) is 11.6 Å². The summed E-state index contributed by atoms with van der Waals surface area (Å²) in [7, 11) is 1.52. The molecular formula is C9H8ClNO2. The van der Waals surface area contributed by atoms with Gasteiger partial charge in [0.1, 0.15) is 5.75 Å². The predicted octanol–water partition coefficient (Wildman–Crippen LogP) is 2.19. The van der Waals surface area contributed by atoms with Crippen LogP contribution < -0.4 is 4.74 Å². The molecule has 1 aromatic rings. The van der Waals surface area contributed by atoms with E-state index in [1.807, 2.05) is 6.07 Å². The number of nitrogens with zero attached hydrogens (tertiary/aromatic N) is 1. The number of halogens is 1. The number of methoxy groups -OCH3 is 1. The molecule has 0 atom stereocenters. The molecule has 13 heavy (non-hydrogen) atoms. The van der Waals surface area contributed by atoms with E-state index in [-0.39, 0.29) is 6.79 Å². The number of benzene rings is 1. The predicted molar refractivity (Wildman–Crippen MR) is 48.7 cm³/mol. The highest BCUT2D eigenvalue weighted by molar-refractivity contribution is 6.32. The fourth-order valence-electron chi connectivity index (χ4n) is 0.806. The maximum atomic E-state index is 8.60. The average molecular weight is 198 g/mol. The minimum Gasteiger partial charge on any atom is -0.466 e. The zero-order chi connectivity index (χ0) is 9.68. The highest BCUT2D eigenvalue weighted by Crippen LogP contribution is 2.25. The fraction of sp³-hybridized carbons (Fsp3) is 0.222. The van der Waals surface area contributed by atoms with Crippen LogP contribution in [-0.2, 0) is 4.74 Å². The lowest BCUT2D eigenvalue weighted by Crippen LogP contribution is -1.99. The van der Waals surface area contributed by atoms with Crippen LogP contribution in [0.25, 0.3) is 0 Å². The summed E-state index contributed by atoms with van der Waals surface area (Å²) >= 11 is 5.80. The summed E-state index contributed by atoms with van der Waals surface area (Å²) < 4.78 is 9.83. The molecule has 0 N–H and O–H groups in total. The third kappa shape index (κ3) is 2.62. The van der Waals surface area contributed by atoms with Crippen molar-refractivity contribution in [3.63, 3.8) is 0 Å². The molecule has 4 heteroatoms. The van der Waals surface area contributed by atoms with Crippen LogP contribution in [0.1, 0.15) is 5.56 Å². The van der Waals surface area contributed by atoms with Gasteiger partial charge >= 0.3 is 0 Å². The Bertz CT molecular complexity index is 333. The van der Waals surface area contributed by atoms with Gasteiger partial charge in [0.15, 0.2) is 6.79 Å². The van der Waals surface area contributed by atoms with Crippen LogP contribution >= 0.6 is 11.6 Å². The van der Waals surface area contributed by atoms with Crippen molar-refractivity contribution in [2.45, 2.75) is 0 Å². The Morgan fingerprint density at radius 3 is 2.92 bits per heavy atom. The Kier molecular flexibility index (Phi) is 3.56. The zero-order valence-electron chi connectivity index (χ0n) is 7.08. The van der Waals surface area contributed by atoms with Gasteiger partial charge in [0.25, 0.3) is 0 Å². The van der Waals surface area contributed by atoms with Crippen molar-refractivity contribution in [3.8, 4) is 11.8 Å². The molecule has 0 amide bonds. The van der Waals surface area contributed by atoms with Crippen molar-refractivity contribution in [2.75, 3.05) is 13.9 Å². The molecule has 0 saturated carbocycles. The van der Waals surface area contributed by atoms with Crippen LogP contribution in [0, 0.1) is 11.3 Å². The van der Waals surface area contributed by atoms with E-state index in [0.29, 0.717) is 16.3 Å². The van der Waals surface area contributed by atoms with Gasteiger partial charge in [-0.3, -0.25) is 0 Å². The normalized spacial score (nSPS) is 9.31. The lowest BCUT2D eigenvalue weighted by molar-refractivity contribution is 0.0512. The fourth-order valence-corrected chi connectivity index (χ4v) is 0.978. The molecule has 0 aliphatic rings. The first kappa shape index (κ1) is 9.85. The molecule has 0 aliphatic heterocycles. The lowest BCUT2D eigenvalue weighted by atomic mass is 10.2. The smallest absolute Gasteiger partial charge is 0.188 e. The molecule has 68 valence electrons. The number of rotatable bonds is 3. The van der Waals surface area contributed by atoms with E-state index in [2.05, 4.69) is 0 Å². The van der Waals surface area contributed by atoms with E-state index in [0.717, 1.165) is 0 Å². The molecule has 0 aromatic heterocycles. The van der Waals surface area contributed by atoms with Gasteiger partial charge in [0.05, 0.1) is 16.7 Å². The molecule has 0 radical (unpaired) electrons. The van der Waals surface area contributed by atoms with E-state index in [9.17, 15) is 0 Å². The Hall–Kier alpha value is -1.24. The second-order valence-corrected chi connectivity index (χ2v) is 2.72. The van der Waals surface area contributed by atoms with Crippen molar-refractivity contribution in [1.29, 1.82) is 5.26 Å². The van der Waals surface area contributed by atoms with Crippen molar-refractivity contribution in [1.82, 2.24) is 0 Å². The SMILES string of the molecule is COCOc1cc(C#N)ccc1Cl.